The number of rotatable bonds is 5. The summed E-state index contributed by atoms with van der Waals surface area (Å²) in [6.07, 6.45) is 2.26. The van der Waals surface area contributed by atoms with Gasteiger partial charge in [0.1, 0.15) is 5.75 Å². The lowest BCUT2D eigenvalue weighted by atomic mass is 10.0. The predicted molar refractivity (Wildman–Crippen MR) is 92.6 cm³/mol. The summed E-state index contributed by atoms with van der Waals surface area (Å²) >= 11 is 0. The average Bonchev–Trinajstić information content (AvgIpc) is 2.60. The maximum Gasteiger partial charge on any atom is 0.235 e. The topological polar surface area (TPSA) is 46.6 Å². The lowest BCUT2D eigenvalue weighted by Crippen LogP contribution is -2.37. The molecule has 0 saturated carbocycles. The van der Waals surface area contributed by atoms with Crippen LogP contribution in [0, 0.1) is 0 Å². The molecule has 0 unspecified atom stereocenters. The number of fused-ring (bicyclic) bond motifs is 1. The van der Waals surface area contributed by atoms with Crippen LogP contribution in [-0.4, -0.2) is 27.8 Å². The monoisotopic (exact) mass is 331 g/mol. The van der Waals surface area contributed by atoms with Gasteiger partial charge < -0.3 is 4.74 Å². The van der Waals surface area contributed by atoms with Crippen LogP contribution in [0.3, 0.4) is 0 Å². The second-order valence-electron chi connectivity index (χ2n) is 5.72. The molecule has 0 N–H and O–H groups in total. The Bertz CT molecular complexity index is 772. The molecule has 0 fully saturated rings. The third-order valence-corrected chi connectivity index (χ3v) is 5.96. The van der Waals surface area contributed by atoms with E-state index in [1.54, 1.807) is 11.4 Å². The molecule has 1 aliphatic heterocycles. The number of benzene rings is 2. The van der Waals surface area contributed by atoms with Crippen LogP contribution < -0.4 is 9.04 Å². The van der Waals surface area contributed by atoms with E-state index in [2.05, 4.69) is 0 Å². The first-order chi connectivity index (χ1) is 11.1. The van der Waals surface area contributed by atoms with Crippen molar-refractivity contribution in [1.29, 1.82) is 0 Å². The lowest BCUT2D eigenvalue weighted by Gasteiger charge is -2.30. The lowest BCUT2D eigenvalue weighted by molar-refractivity contribution is 0.414. The minimum Gasteiger partial charge on any atom is -0.497 e. The summed E-state index contributed by atoms with van der Waals surface area (Å²) < 4.78 is 32.3. The van der Waals surface area contributed by atoms with Crippen LogP contribution in [0.4, 0.5) is 5.69 Å². The van der Waals surface area contributed by atoms with E-state index in [0.29, 0.717) is 13.0 Å². The van der Waals surface area contributed by atoms with E-state index in [1.165, 1.54) is 0 Å². The highest BCUT2D eigenvalue weighted by atomic mass is 32.2. The fourth-order valence-electron chi connectivity index (χ4n) is 2.96. The molecule has 2 aromatic rings. The normalized spacial score (nSPS) is 14.4. The summed E-state index contributed by atoms with van der Waals surface area (Å²) in [6.45, 7) is 0.552. The maximum absolute atomic E-state index is 12.8. The van der Waals surface area contributed by atoms with Gasteiger partial charge in [0.15, 0.2) is 0 Å². The summed E-state index contributed by atoms with van der Waals surface area (Å²) in [7, 11) is -1.70. The molecule has 0 spiro atoms. The van der Waals surface area contributed by atoms with Crippen molar-refractivity contribution in [2.45, 2.75) is 19.3 Å². The van der Waals surface area contributed by atoms with Gasteiger partial charge in [-0.1, -0.05) is 30.3 Å². The van der Waals surface area contributed by atoms with E-state index >= 15 is 0 Å². The van der Waals surface area contributed by atoms with Crippen molar-refractivity contribution in [1.82, 2.24) is 0 Å². The highest BCUT2D eigenvalue weighted by Crippen LogP contribution is 2.32. The van der Waals surface area contributed by atoms with Gasteiger partial charge in [0.05, 0.1) is 18.6 Å². The molecule has 4 nitrogen and oxygen atoms in total. The molecule has 5 heteroatoms. The van der Waals surface area contributed by atoms with Crippen LogP contribution in [0.1, 0.15) is 17.5 Å². The van der Waals surface area contributed by atoms with Crippen molar-refractivity contribution in [3.63, 3.8) is 0 Å². The van der Waals surface area contributed by atoms with Crippen molar-refractivity contribution >= 4 is 15.7 Å². The van der Waals surface area contributed by atoms with Crippen LogP contribution >= 0.6 is 0 Å². The number of aryl methyl sites for hydroxylation is 2. The fourth-order valence-corrected chi connectivity index (χ4v) is 4.56. The summed E-state index contributed by atoms with van der Waals surface area (Å²) in [4.78, 5) is 0. The standard InChI is InChI=1S/C18H21NO3S/c1-22-17-9-10-18-16(14-17)8-5-12-19(18)23(20,21)13-11-15-6-3-2-4-7-15/h2-4,6-7,9-10,14H,5,8,11-13H2,1H3. The molecule has 0 atom stereocenters. The Kier molecular flexibility index (Phi) is 4.57. The van der Waals surface area contributed by atoms with Crippen LogP contribution in [0.2, 0.25) is 0 Å². The van der Waals surface area contributed by atoms with Gasteiger partial charge in [-0.2, -0.15) is 0 Å². The molecule has 0 saturated heterocycles. The molecule has 122 valence electrons. The van der Waals surface area contributed by atoms with Gasteiger partial charge in [0, 0.05) is 6.54 Å². The predicted octanol–water partition coefficient (Wildman–Crippen LogP) is 3.02. The quantitative estimate of drug-likeness (QED) is 0.846. The highest BCUT2D eigenvalue weighted by molar-refractivity contribution is 7.92. The van der Waals surface area contributed by atoms with Crippen molar-refractivity contribution in [2.75, 3.05) is 23.7 Å². The SMILES string of the molecule is COc1ccc2c(c1)CCCN2S(=O)(=O)CCc1ccccc1. The Balaban J connectivity index is 1.81. The zero-order valence-corrected chi connectivity index (χ0v) is 14.1. The maximum atomic E-state index is 12.8. The third-order valence-electron chi connectivity index (χ3n) is 4.19. The fraction of sp³-hybridized carbons (Fsp3) is 0.333. The van der Waals surface area contributed by atoms with E-state index in [-0.39, 0.29) is 5.75 Å². The van der Waals surface area contributed by atoms with Gasteiger partial charge in [-0.05, 0) is 48.6 Å². The molecule has 0 aliphatic carbocycles. The van der Waals surface area contributed by atoms with E-state index < -0.39 is 10.0 Å². The third kappa shape index (κ3) is 3.50. The first kappa shape index (κ1) is 15.9. The molecule has 23 heavy (non-hydrogen) atoms. The smallest absolute Gasteiger partial charge is 0.235 e. The molecule has 0 radical (unpaired) electrons. The zero-order chi connectivity index (χ0) is 16.3. The summed E-state index contributed by atoms with van der Waals surface area (Å²) in [5.41, 5.74) is 2.88. The second kappa shape index (κ2) is 6.62. The van der Waals surface area contributed by atoms with E-state index in [4.69, 9.17) is 4.74 Å². The molecule has 1 aliphatic rings. The molecule has 3 rings (SSSR count). The second-order valence-corrected chi connectivity index (χ2v) is 7.73. The van der Waals surface area contributed by atoms with Crippen molar-refractivity contribution in [3.05, 3.63) is 59.7 Å². The van der Waals surface area contributed by atoms with Crippen LogP contribution in [-0.2, 0) is 22.9 Å². The zero-order valence-electron chi connectivity index (χ0n) is 13.2. The largest absolute Gasteiger partial charge is 0.497 e. The van der Waals surface area contributed by atoms with E-state index in [0.717, 1.165) is 35.4 Å². The Hall–Kier alpha value is -2.01. The Labute approximate surface area is 137 Å². The minimum absolute atomic E-state index is 0.127. The molecule has 0 amide bonds. The van der Waals surface area contributed by atoms with Crippen LogP contribution in [0.25, 0.3) is 0 Å². The number of hydrogen-bond donors (Lipinski definition) is 0. The van der Waals surface area contributed by atoms with Gasteiger partial charge in [-0.3, -0.25) is 4.31 Å². The molecule has 0 bridgehead atoms. The van der Waals surface area contributed by atoms with Gasteiger partial charge in [-0.15, -0.1) is 0 Å². The van der Waals surface area contributed by atoms with Gasteiger partial charge in [0.2, 0.25) is 10.0 Å². The summed E-state index contributed by atoms with van der Waals surface area (Å²) in [5.74, 6) is 0.898. The summed E-state index contributed by atoms with van der Waals surface area (Å²) in [5, 5.41) is 0. The number of ether oxygens (including phenoxy) is 1. The molecule has 2 aromatic carbocycles. The van der Waals surface area contributed by atoms with E-state index in [1.807, 2.05) is 48.5 Å². The number of hydrogen-bond acceptors (Lipinski definition) is 3. The highest BCUT2D eigenvalue weighted by Gasteiger charge is 2.27. The Morgan fingerprint density at radius 2 is 1.91 bits per heavy atom. The number of anilines is 1. The minimum atomic E-state index is -3.32. The van der Waals surface area contributed by atoms with Crippen LogP contribution in [0.5, 0.6) is 5.75 Å². The first-order valence-electron chi connectivity index (χ1n) is 7.81. The van der Waals surface area contributed by atoms with Crippen LogP contribution in [0.15, 0.2) is 48.5 Å². The molecular formula is C18H21NO3S. The molecule has 0 aromatic heterocycles. The molecule has 1 heterocycles. The number of nitrogens with zero attached hydrogens (tertiary/aromatic N) is 1. The van der Waals surface area contributed by atoms with E-state index in [9.17, 15) is 8.42 Å². The Morgan fingerprint density at radius 1 is 1.13 bits per heavy atom. The van der Waals surface area contributed by atoms with Crippen molar-refractivity contribution < 1.29 is 13.2 Å². The Morgan fingerprint density at radius 3 is 2.65 bits per heavy atom. The number of sulfonamides is 1. The van der Waals surface area contributed by atoms with Crippen molar-refractivity contribution in [3.8, 4) is 5.75 Å². The van der Waals surface area contributed by atoms with Gasteiger partial charge in [0.25, 0.3) is 0 Å². The molecular weight excluding hydrogens is 310 g/mol. The van der Waals surface area contributed by atoms with Crippen molar-refractivity contribution in [2.24, 2.45) is 0 Å². The van der Waals surface area contributed by atoms with Gasteiger partial charge >= 0.3 is 0 Å². The van der Waals surface area contributed by atoms with Gasteiger partial charge in [-0.25, -0.2) is 8.42 Å². The average molecular weight is 331 g/mol. The first-order valence-corrected chi connectivity index (χ1v) is 9.42. The summed E-state index contributed by atoms with van der Waals surface area (Å²) in [6, 6.07) is 15.3. The number of methoxy groups -OCH3 is 1.